The SMILES string of the molecule is COc1cc(F)c(CN2CCN(C)C3(CCNC(=O)CC3)C2)c(F)c1. The number of carbonyl (C=O) groups is 1. The van der Waals surface area contributed by atoms with Crippen LogP contribution in [0, 0.1) is 11.6 Å². The summed E-state index contributed by atoms with van der Waals surface area (Å²) in [5.74, 6) is -0.901. The van der Waals surface area contributed by atoms with E-state index in [1.165, 1.54) is 19.2 Å². The van der Waals surface area contributed by atoms with Gasteiger partial charge in [-0.3, -0.25) is 14.6 Å². The molecule has 5 nitrogen and oxygen atoms in total. The van der Waals surface area contributed by atoms with Crippen molar-refractivity contribution < 1.29 is 18.3 Å². The fourth-order valence-electron chi connectivity index (χ4n) is 3.89. The Morgan fingerprint density at radius 2 is 1.96 bits per heavy atom. The third-order valence-corrected chi connectivity index (χ3v) is 5.54. The first-order valence-corrected chi connectivity index (χ1v) is 8.66. The van der Waals surface area contributed by atoms with Crippen LogP contribution in [0.3, 0.4) is 0 Å². The highest BCUT2D eigenvalue weighted by atomic mass is 19.1. The molecule has 2 aliphatic rings. The Balaban J connectivity index is 1.77. The molecule has 2 aliphatic heterocycles. The number of likely N-dealkylation sites (N-methyl/N-ethyl adjacent to an activating group) is 1. The Kier molecular flexibility index (Phi) is 5.24. The van der Waals surface area contributed by atoms with Crippen molar-refractivity contribution in [3.05, 3.63) is 29.3 Å². The van der Waals surface area contributed by atoms with Gasteiger partial charge in [-0.2, -0.15) is 0 Å². The zero-order chi connectivity index (χ0) is 18.0. The van der Waals surface area contributed by atoms with Crippen molar-refractivity contribution in [2.45, 2.75) is 31.3 Å². The number of nitrogens with zero attached hydrogens (tertiary/aromatic N) is 2. The molecular formula is C18H25F2N3O2. The maximum Gasteiger partial charge on any atom is 0.220 e. The van der Waals surface area contributed by atoms with Gasteiger partial charge in [-0.1, -0.05) is 0 Å². The quantitative estimate of drug-likeness (QED) is 0.899. The van der Waals surface area contributed by atoms with Crippen molar-refractivity contribution in [1.29, 1.82) is 0 Å². The number of nitrogens with one attached hydrogen (secondary N) is 1. The lowest BCUT2D eigenvalue weighted by molar-refractivity contribution is -0.121. The van der Waals surface area contributed by atoms with Gasteiger partial charge >= 0.3 is 0 Å². The Labute approximate surface area is 146 Å². The van der Waals surface area contributed by atoms with Crippen LogP contribution >= 0.6 is 0 Å². The van der Waals surface area contributed by atoms with Crippen molar-refractivity contribution in [3.8, 4) is 5.75 Å². The molecule has 0 aromatic heterocycles. The zero-order valence-corrected chi connectivity index (χ0v) is 14.8. The molecule has 2 saturated heterocycles. The highest BCUT2D eigenvalue weighted by Crippen LogP contribution is 2.32. The fraction of sp³-hybridized carbons (Fsp3) is 0.611. The molecule has 1 amide bonds. The first-order chi connectivity index (χ1) is 11.9. The molecule has 1 atom stereocenters. The normalized spacial score (nSPS) is 25.7. The second-order valence-corrected chi connectivity index (χ2v) is 7.03. The number of benzene rings is 1. The largest absolute Gasteiger partial charge is 0.497 e. The Morgan fingerprint density at radius 3 is 2.64 bits per heavy atom. The highest BCUT2D eigenvalue weighted by molar-refractivity contribution is 5.76. The van der Waals surface area contributed by atoms with Crippen molar-refractivity contribution in [1.82, 2.24) is 15.1 Å². The lowest BCUT2D eigenvalue weighted by Crippen LogP contribution is -2.60. The molecule has 0 radical (unpaired) electrons. The molecule has 0 saturated carbocycles. The number of hydrogen-bond donors (Lipinski definition) is 1. The first kappa shape index (κ1) is 18.1. The van der Waals surface area contributed by atoms with Gasteiger partial charge in [0.25, 0.3) is 0 Å². The molecule has 2 fully saturated rings. The number of halogens is 2. The molecule has 1 N–H and O–H groups in total. The summed E-state index contributed by atoms with van der Waals surface area (Å²) < 4.78 is 33.4. The molecule has 7 heteroatoms. The van der Waals surface area contributed by atoms with E-state index in [9.17, 15) is 13.6 Å². The first-order valence-electron chi connectivity index (χ1n) is 8.66. The number of rotatable bonds is 3. The summed E-state index contributed by atoms with van der Waals surface area (Å²) in [5.41, 5.74) is -0.0556. The van der Waals surface area contributed by atoms with Gasteiger partial charge in [0.05, 0.1) is 7.11 Å². The summed E-state index contributed by atoms with van der Waals surface area (Å²) in [6.45, 7) is 3.11. The highest BCUT2D eigenvalue weighted by Gasteiger charge is 2.41. The van der Waals surface area contributed by atoms with Crippen LogP contribution in [-0.2, 0) is 11.3 Å². The second kappa shape index (κ2) is 7.25. The molecule has 138 valence electrons. The Morgan fingerprint density at radius 1 is 1.24 bits per heavy atom. The maximum absolute atomic E-state index is 14.3. The zero-order valence-electron chi connectivity index (χ0n) is 14.8. The van der Waals surface area contributed by atoms with Crippen LogP contribution in [0.5, 0.6) is 5.75 Å². The molecule has 1 aromatic carbocycles. The molecule has 3 rings (SSSR count). The second-order valence-electron chi connectivity index (χ2n) is 7.03. The van der Waals surface area contributed by atoms with Crippen LogP contribution in [0.2, 0.25) is 0 Å². The van der Waals surface area contributed by atoms with Crippen LogP contribution in [0.25, 0.3) is 0 Å². The monoisotopic (exact) mass is 353 g/mol. The minimum Gasteiger partial charge on any atom is -0.497 e. The van der Waals surface area contributed by atoms with E-state index in [-0.39, 0.29) is 29.3 Å². The van der Waals surface area contributed by atoms with Gasteiger partial charge in [0.1, 0.15) is 17.4 Å². The predicted molar refractivity (Wildman–Crippen MR) is 90.4 cm³/mol. The number of carbonyl (C=O) groups excluding carboxylic acids is 1. The third kappa shape index (κ3) is 3.77. The van der Waals surface area contributed by atoms with Crippen LogP contribution < -0.4 is 10.1 Å². The van der Waals surface area contributed by atoms with Crippen molar-refractivity contribution in [2.24, 2.45) is 0 Å². The molecule has 1 unspecified atom stereocenters. The van der Waals surface area contributed by atoms with Crippen molar-refractivity contribution >= 4 is 5.91 Å². The Hall–Kier alpha value is -1.73. The third-order valence-electron chi connectivity index (χ3n) is 5.54. The van der Waals surface area contributed by atoms with Gasteiger partial charge in [-0.25, -0.2) is 8.78 Å². The van der Waals surface area contributed by atoms with Crippen LogP contribution in [0.4, 0.5) is 8.78 Å². The lowest BCUT2D eigenvalue weighted by atomic mass is 9.86. The number of piperazine rings is 1. The average molecular weight is 353 g/mol. The molecule has 0 aliphatic carbocycles. The van der Waals surface area contributed by atoms with E-state index in [2.05, 4.69) is 22.2 Å². The van der Waals surface area contributed by atoms with E-state index in [1.54, 1.807) is 0 Å². The summed E-state index contributed by atoms with van der Waals surface area (Å²) >= 11 is 0. The van der Waals surface area contributed by atoms with Gasteiger partial charge in [-0.15, -0.1) is 0 Å². The molecule has 25 heavy (non-hydrogen) atoms. The number of amides is 1. The van der Waals surface area contributed by atoms with Gasteiger partial charge in [0.15, 0.2) is 0 Å². The molecular weight excluding hydrogens is 328 g/mol. The van der Waals surface area contributed by atoms with Crippen LogP contribution in [0.15, 0.2) is 12.1 Å². The van der Waals surface area contributed by atoms with E-state index in [1.807, 2.05) is 0 Å². The molecule has 1 aromatic rings. The summed E-state index contributed by atoms with van der Waals surface area (Å²) in [6.07, 6.45) is 2.10. The topological polar surface area (TPSA) is 44.8 Å². The van der Waals surface area contributed by atoms with E-state index < -0.39 is 11.6 Å². The molecule has 0 bridgehead atoms. The predicted octanol–water partition coefficient (Wildman–Crippen LogP) is 1.76. The van der Waals surface area contributed by atoms with Gasteiger partial charge in [-0.05, 0) is 19.9 Å². The molecule has 1 spiro atoms. The smallest absolute Gasteiger partial charge is 0.220 e. The number of ether oxygens (including phenoxy) is 1. The summed E-state index contributed by atoms with van der Waals surface area (Å²) in [6, 6.07) is 2.44. The van der Waals surface area contributed by atoms with E-state index >= 15 is 0 Å². The number of methoxy groups -OCH3 is 1. The average Bonchev–Trinajstić information content (AvgIpc) is 2.76. The van der Waals surface area contributed by atoms with E-state index in [0.717, 1.165) is 25.9 Å². The van der Waals surface area contributed by atoms with Gasteiger partial charge in [0, 0.05) is 62.4 Å². The lowest BCUT2D eigenvalue weighted by Gasteiger charge is -2.49. The van der Waals surface area contributed by atoms with Crippen molar-refractivity contribution in [2.75, 3.05) is 40.3 Å². The van der Waals surface area contributed by atoms with Crippen LogP contribution in [-0.4, -0.2) is 61.6 Å². The van der Waals surface area contributed by atoms with E-state index in [0.29, 0.717) is 19.5 Å². The summed E-state index contributed by atoms with van der Waals surface area (Å²) in [5, 5.41) is 2.91. The van der Waals surface area contributed by atoms with Crippen LogP contribution in [0.1, 0.15) is 24.8 Å². The Bertz CT molecular complexity index is 632. The summed E-state index contributed by atoms with van der Waals surface area (Å²) in [4.78, 5) is 16.1. The summed E-state index contributed by atoms with van der Waals surface area (Å²) in [7, 11) is 3.46. The molecule has 2 heterocycles. The van der Waals surface area contributed by atoms with Gasteiger partial charge in [0.2, 0.25) is 5.91 Å². The minimum absolute atomic E-state index is 0.0725. The van der Waals surface area contributed by atoms with Crippen molar-refractivity contribution in [3.63, 3.8) is 0 Å². The van der Waals surface area contributed by atoms with E-state index in [4.69, 9.17) is 4.74 Å². The fourth-order valence-corrected chi connectivity index (χ4v) is 3.89. The maximum atomic E-state index is 14.3. The minimum atomic E-state index is -0.581. The standard InChI is InChI=1S/C18H25F2N3O2/c1-22-7-8-23(12-18(22)4-3-17(24)21-6-5-18)11-14-15(19)9-13(25-2)10-16(14)20/h9-10H,3-8,11-12H2,1-2H3,(H,21,24). The number of hydrogen-bond acceptors (Lipinski definition) is 4. The van der Waals surface area contributed by atoms with Gasteiger partial charge < -0.3 is 10.1 Å².